The van der Waals surface area contributed by atoms with E-state index in [9.17, 15) is 9.59 Å². The van der Waals surface area contributed by atoms with Crippen LogP contribution in [0.15, 0.2) is 41.6 Å². The molecule has 37 heavy (non-hydrogen) atoms. The monoisotopic (exact) mass is 542 g/mol. The molecule has 0 spiro atoms. The van der Waals surface area contributed by atoms with Crippen LogP contribution in [0.2, 0.25) is 5.15 Å². The molecule has 10 heteroatoms. The Bertz CT molecular complexity index is 1070. The molecule has 0 radical (unpaired) electrons. The van der Waals surface area contributed by atoms with E-state index in [0.29, 0.717) is 35.1 Å². The first kappa shape index (κ1) is 26.3. The van der Waals surface area contributed by atoms with Crippen molar-refractivity contribution in [2.45, 2.75) is 37.4 Å². The van der Waals surface area contributed by atoms with Gasteiger partial charge in [-0.2, -0.15) is 0 Å². The molecule has 3 aliphatic rings. The van der Waals surface area contributed by atoms with E-state index in [4.69, 9.17) is 16.6 Å². The molecule has 2 saturated heterocycles. The van der Waals surface area contributed by atoms with Crippen molar-refractivity contribution in [2.75, 3.05) is 63.0 Å². The molecular formula is C27H35ClN6O2S. The fraction of sp³-hybridized carbons (Fsp3) is 0.556. The number of thioether (sulfide) groups is 1. The predicted molar refractivity (Wildman–Crippen MR) is 147 cm³/mol. The zero-order valence-electron chi connectivity index (χ0n) is 21.2. The third-order valence-corrected chi connectivity index (χ3v) is 8.61. The van der Waals surface area contributed by atoms with Gasteiger partial charge in [0, 0.05) is 70.9 Å². The number of hydrogen-bond acceptors (Lipinski definition) is 7. The van der Waals surface area contributed by atoms with Gasteiger partial charge in [0.1, 0.15) is 11.0 Å². The minimum Gasteiger partial charge on any atom is -0.353 e. The Morgan fingerprint density at radius 3 is 2.27 bits per heavy atom. The summed E-state index contributed by atoms with van der Waals surface area (Å²) in [5.41, 5.74) is 1.30. The number of rotatable bonds is 7. The van der Waals surface area contributed by atoms with Gasteiger partial charge in [-0.1, -0.05) is 66.5 Å². The number of nitrogens with zero attached hydrogens (tertiary/aromatic N) is 6. The highest BCUT2D eigenvalue weighted by atomic mass is 35.5. The lowest BCUT2D eigenvalue weighted by atomic mass is 10.1. The molecule has 1 aromatic heterocycles. The van der Waals surface area contributed by atoms with Crippen LogP contribution in [0.25, 0.3) is 0 Å². The van der Waals surface area contributed by atoms with Crippen molar-refractivity contribution in [3.05, 3.63) is 47.1 Å². The topological polar surface area (TPSA) is 72.9 Å². The summed E-state index contributed by atoms with van der Waals surface area (Å²) >= 11 is 7.66. The second-order valence-electron chi connectivity index (χ2n) is 10.1. The molecule has 3 fully saturated rings. The van der Waals surface area contributed by atoms with Gasteiger partial charge >= 0.3 is 0 Å². The Balaban J connectivity index is 1.09. The first-order valence-electron chi connectivity index (χ1n) is 13.3. The van der Waals surface area contributed by atoms with E-state index < -0.39 is 0 Å². The van der Waals surface area contributed by atoms with Crippen molar-refractivity contribution < 1.29 is 9.59 Å². The van der Waals surface area contributed by atoms with Crippen LogP contribution < -0.4 is 4.90 Å². The SMILES string of the molecule is O=C(CSc1nc(Cl)cc(N2CCN(C(=O)C3CCCC3)CC2)n1)N1CCN(Cc2ccccc2)CC1. The highest BCUT2D eigenvalue weighted by molar-refractivity contribution is 7.99. The molecule has 8 nitrogen and oxygen atoms in total. The number of anilines is 1. The summed E-state index contributed by atoms with van der Waals surface area (Å²) in [7, 11) is 0. The zero-order valence-corrected chi connectivity index (χ0v) is 22.8. The van der Waals surface area contributed by atoms with Gasteiger partial charge in [-0.25, -0.2) is 9.97 Å². The van der Waals surface area contributed by atoms with Crippen molar-refractivity contribution >= 4 is 41.0 Å². The van der Waals surface area contributed by atoms with Crippen LogP contribution in [0.5, 0.6) is 0 Å². The molecule has 1 aliphatic carbocycles. The Morgan fingerprint density at radius 2 is 1.57 bits per heavy atom. The average molecular weight is 543 g/mol. The van der Waals surface area contributed by atoms with Gasteiger partial charge in [0.25, 0.3) is 0 Å². The molecule has 3 heterocycles. The van der Waals surface area contributed by atoms with Crippen LogP contribution in [0.3, 0.4) is 0 Å². The molecule has 0 unspecified atom stereocenters. The number of piperazine rings is 2. The highest BCUT2D eigenvalue weighted by Crippen LogP contribution is 2.28. The minimum atomic E-state index is 0.105. The molecule has 0 atom stereocenters. The van der Waals surface area contributed by atoms with Crippen LogP contribution in [0.4, 0.5) is 5.82 Å². The average Bonchev–Trinajstić information content (AvgIpc) is 3.47. The van der Waals surface area contributed by atoms with E-state index in [1.54, 1.807) is 6.07 Å². The van der Waals surface area contributed by atoms with Crippen LogP contribution in [0, 0.1) is 5.92 Å². The molecule has 2 amide bonds. The van der Waals surface area contributed by atoms with Crippen molar-refractivity contribution in [3.8, 4) is 0 Å². The molecule has 2 aromatic rings. The first-order valence-corrected chi connectivity index (χ1v) is 14.7. The Labute approximate surface area is 228 Å². The predicted octanol–water partition coefficient (Wildman–Crippen LogP) is 3.41. The standard InChI is InChI=1S/C27H35ClN6O2S/c28-23-18-24(32-14-16-34(17-15-32)26(36)22-8-4-5-9-22)30-27(29-23)37-20-25(35)33-12-10-31(11-13-33)19-21-6-2-1-3-7-21/h1-3,6-7,18,22H,4-5,8-17,19-20H2. The fourth-order valence-corrected chi connectivity index (χ4v) is 6.40. The number of carbonyl (C=O) groups excluding carboxylic acids is 2. The lowest BCUT2D eigenvalue weighted by Crippen LogP contribution is -2.50. The number of halogens is 1. The summed E-state index contributed by atoms with van der Waals surface area (Å²) in [5, 5.41) is 0.891. The lowest BCUT2D eigenvalue weighted by molar-refractivity contribution is -0.135. The molecule has 198 valence electrons. The molecule has 0 N–H and O–H groups in total. The van der Waals surface area contributed by atoms with E-state index in [2.05, 4.69) is 39.0 Å². The van der Waals surface area contributed by atoms with Crippen LogP contribution >= 0.6 is 23.4 Å². The van der Waals surface area contributed by atoms with Crippen LogP contribution in [0.1, 0.15) is 31.2 Å². The smallest absolute Gasteiger partial charge is 0.233 e. The maximum Gasteiger partial charge on any atom is 0.233 e. The third kappa shape index (κ3) is 6.94. The van der Waals surface area contributed by atoms with E-state index >= 15 is 0 Å². The number of benzene rings is 1. The van der Waals surface area contributed by atoms with Gasteiger partial charge in [-0.3, -0.25) is 14.5 Å². The number of aromatic nitrogens is 2. The summed E-state index contributed by atoms with van der Waals surface area (Å²) in [5.74, 6) is 1.69. The quantitative estimate of drug-likeness (QED) is 0.301. The summed E-state index contributed by atoms with van der Waals surface area (Å²) in [6, 6.07) is 12.2. The van der Waals surface area contributed by atoms with Gasteiger partial charge in [0.05, 0.1) is 5.75 Å². The third-order valence-electron chi connectivity index (χ3n) is 7.58. The second kappa shape index (κ2) is 12.5. The molecular weight excluding hydrogens is 508 g/mol. The Hall–Kier alpha value is -2.36. The molecule has 1 aromatic carbocycles. The van der Waals surface area contributed by atoms with Crippen molar-refractivity contribution in [3.63, 3.8) is 0 Å². The van der Waals surface area contributed by atoms with Gasteiger partial charge in [-0.05, 0) is 18.4 Å². The van der Waals surface area contributed by atoms with Gasteiger partial charge < -0.3 is 14.7 Å². The second-order valence-corrected chi connectivity index (χ2v) is 11.4. The van der Waals surface area contributed by atoms with Crippen molar-refractivity contribution in [1.29, 1.82) is 0 Å². The van der Waals surface area contributed by atoms with E-state index in [1.165, 1.54) is 30.2 Å². The molecule has 1 saturated carbocycles. The Kier molecular flexibility index (Phi) is 8.84. The summed E-state index contributed by atoms with van der Waals surface area (Å²) in [4.78, 5) is 43.1. The largest absolute Gasteiger partial charge is 0.353 e. The zero-order chi connectivity index (χ0) is 25.6. The van der Waals surface area contributed by atoms with Crippen LogP contribution in [-0.2, 0) is 16.1 Å². The normalized spacial score (nSPS) is 19.4. The van der Waals surface area contributed by atoms with E-state index in [1.807, 2.05) is 15.9 Å². The van der Waals surface area contributed by atoms with Crippen molar-refractivity contribution in [2.24, 2.45) is 5.92 Å². The van der Waals surface area contributed by atoms with Gasteiger partial charge in [0.15, 0.2) is 5.16 Å². The lowest BCUT2D eigenvalue weighted by Gasteiger charge is -2.36. The van der Waals surface area contributed by atoms with Crippen LogP contribution in [-0.4, -0.2) is 94.6 Å². The molecule has 2 aliphatic heterocycles. The minimum absolute atomic E-state index is 0.105. The summed E-state index contributed by atoms with van der Waals surface area (Å²) < 4.78 is 0. The molecule has 0 bridgehead atoms. The maximum absolute atomic E-state index is 12.9. The number of carbonyl (C=O) groups is 2. The Morgan fingerprint density at radius 1 is 0.892 bits per heavy atom. The molecule has 5 rings (SSSR count). The fourth-order valence-electron chi connectivity index (χ4n) is 5.41. The summed E-state index contributed by atoms with van der Waals surface area (Å²) in [6.07, 6.45) is 4.40. The number of amides is 2. The van der Waals surface area contributed by atoms with Gasteiger partial charge in [-0.15, -0.1) is 0 Å². The first-order chi connectivity index (χ1) is 18.0. The maximum atomic E-state index is 12.9. The van der Waals surface area contributed by atoms with E-state index in [0.717, 1.165) is 64.5 Å². The highest BCUT2D eigenvalue weighted by Gasteiger charge is 2.30. The van der Waals surface area contributed by atoms with Crippen molar-refractivity contribution in [1.82, 2.24) is 24.7 Å². The van der Waals surface area contributed by atoms with Gasteiger partial charge in [0.2, 0.25) is 11.8 Å². The summed E-state index contributed by atoms with van der Waals surface area (Å²) in [6.45, 7) is 6.98. The van der Waals surface area contributed by atoms with E-state index in [-0.39, 0.29) is 11.8 Å². The number of hydrogen-bond donors (Lipinski definition) is 0.